The van der Waals surface area contributed by atoms with Crippen LogP contribution in [-0.2, 0) is 12.7 Å². The zero-order valence-corrected chi connectivity index (χ0v) is 11.3. The van der Waals surface area contributed by atoms with Crippen molar-refractivity contribution in [1.29, 1.82) is 0 Å². The van der Waals surface area contributed by atoms with Crippen LogP contribution in [0.15, 0.2) is 52.3 Å². The summed E-state index contributed by atoms with van der Waals surface area (Å²) in [5.41, 5.74) is 12.0. The van der Waals surface area contributed by atoms with Gasteiger partial charge in [-0.3, -0.25) is 0 Å². The molecule has 2 aromatic rings. The zero-order valence-electron chi connectivity index (χ0n) is 10.4. The summed E-state index contributed by atoms with van der Waals surface area (Å²) in [6.45, 7) is 0.284. The molecule has 0 aromatic heterocycles. The molecule has 2 rings (SSSR count). The molecule has 0 heterocycles. The van der Waals surface area contributed by atoms with Crippen LogP contribution in [0.2, 0.25) is 0 Å². The lowest BCUT2D eigenvalue weighted by molar-refractivity contribution is -0.137. The monoisotopic (exact) mass is 298 g/mol. The van der Waals surface area contributed by atoms with E-state index in [1.54, 1.807) is 24.3 Å². The van der Waals surface area contributed by atoms with Gasteiger partial charge in [0.25, 0.3) is 0 Å². The van der Waals surface area contributed by atoms with E-state index in [0.717, 1.165) is 22.6 Å². The maximum absolute atomic E-state index is 12.7. The molecule has 0 aliphatic heterocycles. The molecule has 0 radical (unpaired) electrons. The van der Waals surface area contributed by atoms with Crippen LogP contribution in [0.25, 0.3) is 0 Å². The highest BCUT2D eigenvalue weighted by molar-refractivity contribution is 7.99. The van der Waals surface area contributed by atoms with E-state index in [9.17, 15) is 13.2 Å². The summed E-state index contributed by atoms with van der Waals surface area (Å²) < 4.78 is 38.0. The van der Waals surface area contributed by atoms with Gasteiger partial charge in [-0.2, -0.15) is 13.2 Å². The topological polar surface area (TPSA) is 52.0 Å². The van der Waals surface area contributed by atoms with Gasteiger partial charge in [0.15, 0.2) is 0 Å². The van der Waals surface area contributed by atoms with Crippen molar-refractivity contribution in [2.24, 2.45) is 5.73 Å². The van der Waals surface area contributed by atoms with Gasteiger partial charge >= 0.3 is 6.18 Å². The molecule has 4 N–H and O–H groups in total. The molecule has 0 atom stereocenters. The minimum atomic E-state index is -4.34. The quantitative estimate of drug-likeness (QED) is 0.845. The first-order chi connectivity index (χ1) is 9.40. The molecule has 0 bridgehead atoms. The minimum Gasteiger partial charge on any atom is -0.399 e. The average molecular weight is 298 g/mol. The lowest BCUT2D eigenvalue weighted by Crippen LogP contribution is -2.04. The fourth-order valence-electron chi connectivity index (χ4n) is 1.72. The van der Waals surface area contributed by atoms with Gasteiger partial charge in [-0.05, 0) is 42.0 Å². The summed E-state index contributed by atoms with van der Waals surface area (Å²) in [4.78, 5) is 1.32. The summed E-state index contributed by atoms with van der Waals surface area (Å²) in [5.74, 6) is 0. The number of benzene rings is 2. The van der Waals surface area contributed by atoms with Crippen LogP contribution in [0.1, 0.15) is 11.1 Å². The van der Waals surface area contributed by atoms with E-state index >= 15 is 0 Å². The normalized spacial score (nSPS) is 11.6. The Balaban J connectivity index is 2.31. The van der Waals surface area contributed by atoms with Gasteiger partial charge in [-0.25, -0.2) is 0 Å². The van der Waals surface area contributed by atoms with Crippen LogP contribution in [0.4, 0.5) is 18.9 Å². The predicted molar refractivity (Wildman–Crippen MR) is 74.3 cm³/mol. The van der Waals surface area contributed by atoms with E-state index in [0.29, 0.717) is 10.6 Å². The second-order valence-corrected chi connectivity index (χ2v) is 5.31. The van der Waals surface area contributed by atoms with Crippen molar-refractivity contribution >= 4 is 17.4 Å². The molecular formula is C14H13F3N2S. The van der Waals surface area contributed by atoms with E-state index in [4.69, 9.17) is 11.5 Å². The highest BCUT2D eigenvalue weighted by atomic mass is 32.2. The Kier molecular flexibility index (Phi) is 4.25. The Morgan fingerprint density at radius 2 is 1.80 bits per heavy atom. The number of anilines is 1. The third kappa shape index (κ3) is 3.46. The van der Waals surface area contributed by atoms with E-state index in [1.807, 2.05) is 0 Å². The van der Waals surface area contributed by atoms with Crippen LogP contribution in [0.5, 0.6) is 0 Å². The van der Waals surface area contributed by atoms with Crippen LogP contribution < -0.4 is 11.5 Å². The molecule has 6 heteroatoms. The summed E-state index contributed by atoms with van der Waals surface area (Å²) in [5, 5.41) is 0. The summed E-state index contributed by atoms with van der Waals surface area (Å²) >= 11 is 1.24. The molecule has 0 aliphatic carbocycles. The van der Waals surface area contributed by atoms with Crippen LogP contribution in [0, 0.1) is 0 Å². The summed E-state index contributed by atoms with van der Waals surface area (Å²) in [6.07, 6.45) is -4.34. The Morgan fingerprint density at radius 3 is 2.45 bits per heavy atom. The zero-order chi connectivity index (χ0) is 14.8. The predicted octanol–water partition coefficient (Wildman–Crippen LogP) is 3.90. The second kappa shape index (κ2) is 5.76. The first-order valence-corrected chi connectivity index (χ1v) is 6.65. The molecule has 0 amide bonds. The van der Waals surface area contributed by atoms with Crippen molar-refractivity contribution in [3.63, 3.8) is 0 Å². The highest BCUT2D eigenvalue weighted by Crippen LogP contribution is 2.35. The SMILES string of the molecule is NCc1cc(N)ccc1Sc1cccc(C(F)(F)F)c1. The molecule has 20 heavy (non-hydrogen) atoms. The van der Waals surface area contributed by atoms with Crippen LogP contribution in [-0.4, -0.2) is 0 Å². The Hall–Kier alpha value is -1.66. The third-order valence-electron chi connectivity index (χ3n) is 2.69. The smallest absolute Gasteiger partial charge is 0.399 e. The van der Waals surface area contributed by atoms with Gasteiger partial charge in [-0.15, -0.1) is 0 Å². The maximum atomic E-state index is 12.7. The Labute approximate surface area is 119 Å². The van der Waals surface area contributed by atoms with Crippen molar-refractivity contribution in [1.82, 2.24) is 0 Å². The average Bonchev–Trinajstić information content (AvgIpc) is 2.40. The lowest BCUT2D eigenvalue weighted by Gasteiger charge is -2.11. The molecular weight excluding hydrogens is 285 g/mol. The largest absolute Gasteiger partial charge is 0.416 e. The van der Waals surface area contributed by atoms with Crippen LogP contribution in [0.3, 0.4) is 0 Å². The first-order valence-electron chi connectivity index (χ1n) is 5.84. The van der Waals surface area contributed by atoms with Gasteiger partial charge < -0.3 is 11.5 Å². The summed E-state index contributed by atoms with van der Waals surface area (Å²) in [6, 6.07) is 10.4. The number of nitrogen functional groups attached to an aromatic ring is 1. The van der Waals surface area contributed by atoms with Gasteiger partial charge in [0.05, 0.1) is 5.56 Å². The van der Waals surface area contributed by atoms with Gasteiger partial charge in [0, 0.05) is 22.0 Å². The summed E-state index contributed by atoms with van der Waals surface area (Å²) in [7, 11) is 0. The van der Waals surface area contributed by atoms with E-state index < -0.39 is 11.7 Å². The second-order valence-electron chi connectivity index (χ2n) is 4.20. The van der Waals surface area contributed by atoms with Gasteiger partial charge in [0.2, 0.25) is 0 Å². The van der Waals surface area contributed by atoms with Gasteiger partial charge in [-0.1, -0.05) is 17.8 Å². The van der Waals surface area contributed by atoms with E-state index in [2.05, 4.69) is 0 Å². The van der Waals surface area contributed by atoms with Crippen molar-refractivity contribution in [2.45, 2.75) is 22.5 Å². The van der Waals surface area contributed by atoms with E-state index in [1.165, 1.54) is 17.8 Å². The molecule has 106 valence electrons. The maximum Gasteiger partial charge on any atom is 0.416 e. The fraction of sp³-hybridized carbons (Fsp3) is 0.143. The standard InChI is InChI=1S/C14H13F3N2S/c15-14(16,17)10-2-1-3-12(7-10)20-13-5-4-11(19)6-9(13)8-18/h1-7H,8,18-19H2. The molecule has 0 fully saturated rings. The lowest BCUT2D eigenvalue weighted by atomic mass is 10.2. The Bertz CT molecular complexity index is 612. The van der Waals surface area contributed by atoms with Crippen molar-refractivity contribution in [3.05, 3.63) is 53.6 Å². The molecule has 0 saturated heterocycles. The molecule has 0 saturated carbocycles. The van der Waals surface area contributed by atoms with Crippen molar-refractivity contribution in [3.8, 4) is 0 Å². The number of hydrogen-bond acceptors (Lipinski definition) is 3. The first kappa shape index (κ1) is 14.7. The highest BCUT2D eigenvalue weighted by Gasteiger charge is 2.30. The number of alkyl halides is 3. The number of halogens is 3. The van der Waals surface area contributed by atoms with E-state index in [-0.39, 0.29) is 6.54 Å². The van der Waals surface area contributed by atoms with Crippen molar-refractivity contribution in [2.75, 3.05) is 5.73 Å². The van der Waals surface area contributed by atoms with Gasteiger partial charge in [0.1, 0.15) is 0 Å². The molecule has 0 unspecified atom stereocenters. The minimum absolute atomic E-state index is 0.284. The molecule has 2 nitrogen and oxygen atoms in total. The molecule has 0 spiro atoms. The number of nitrogens with two attached hydrogens (primary N) is 2. The number of rotatable bonds is 3. The van der Waals surface area contributed by atoms with Crippen molar-refractivity contribution < 1.29 is 13.2 Å². The van der Waals surface area contributed by atoms with Crippen LogP contribution >= 0.6 is 11.8 Å². The Morgan fingerprint density at radius 1 is 1.05 bits per heavy atom. The number of hydrogen-bond donors (Lipinski definition) is 2. The third-order valence-corrected chi connectivity index (χ3v) is 3.80. The molecule has 0 aliphatic rings. The fourth-order valence-corrected chi connectivity index (χ4v) is 2.72. The molecule has 2 aromatic carbocycles.